The molecule has 1 aromatic rings. The Bertz CT molecular complexity index is 711. The third kappa shape index (κ3) is 6.33. The number of hydrogen-bond acceptors (Lipinski definition) is 6. The average Bonchev–Trinajstić information content (AvgIpc) is 2.83. The monoisotopic (exact) mass is 432 g/mol. The van der Waals surface area contributed by atoms with E-state index in [9.17, 15) is 4.79 Å². The summed E-state index contributed by atoms with van der Waals surface area (Å²) in [5, 5.41) is 3.58. The van der Waals surface area contributed by atoms with Crippen LogP contribution in [-0.4, -0.2) is 88.4 Å². The van der Waals surface area contributed by atoms with Gasteiger partial charge in [-0.3, -0.25) is 14.7 Å². The maximum atomic E-state index is 12.0. The van der Waals surface area contributed by atoms with Crippen molar-refractivity contribution in [3.05, 3.63) is 29.8 Å². The topological polar surface area (TPSA) is 75.6 Å². The molecule has 0 spiro atoms. The molecule has 2 heterocycles. The number of guanidine groups is 1. The predicted molar refractivity (Wildman–Crippen MR) is 120 cm³/mol. The molecule has 2 aliphatic rings. The van der Waals surface area contributed by atoms with Crippen LogP contribution in [0.3, 0.4) is 0 Å². The molecule has 1 atom stereocenters. The fourth-order valence-electron chi connectivity index (χ4n) is 4.28. The zero-order valence-electron chi connectivity index (χ0n) is 19.0. The van der Waals surface area contributed by atoms with Gasteiger partial charge in [-0.2, -0.15) is 0 Å². The maximum Gasteiger partial charge on any atom is 0.309 e. The van der Waals surface area contributed by atoms with Crippen molar-refractivity contribution >= 4 is 11.9 Å². The standard InChI is InChI=1S/C23H36N4O4/c1-4-31-22(28)19-9-11-27(12-10-19)23(24-2)25-17-21(26-13-15-30-16-14-26)18-5-7-20(29-3)8-6-18/h5-8,19,21H,4,9-17H2,1-3H3,(H,24,25). The second-order valence-electron chi connectivity index (χ2n) is 7.88. The van der Waals surface area contributed by atoms with Crippen molar-refractivity contribution in [2.24, 2.45) is 10.9 Å². The van der Waals surface area contributed by atoms with Gasteiger partial charge in [0.15, 0.2) is 5.96 Å². The van der Waals surface area contributed by atoms with E-state index in [0.717, 1.165) is 70.5 Å². The molecule has 0 bridgehead atoms. The zero-order valence-corrected chi connectivity index (χ0v) is 19.0. The summed E-state index contributed by atoms with van der Waals surface area (Å²) in [6, 6.07) is 8.50. The van der Waals surface area contributed by atoms with Crippen LogP contribution in [0.1, 0.15) is 31.4 Å². The fourth-order valence-corrected chi connectivity index (χ4v) is 4.28. The van der Waals surface area contributed by atoms with Gasteiger partial charge in [0.2, 0.25) is 0 Å². The normalized spacial score (nSPS) is 19.7. The van der Waals surface area contributed by atoms with Crippen molar-refractivity contribution in [1.82, 2.24) is 15.1 Å². The molecule has 1 unspecified atom stereocenters. The Labute approximate surface area is 185 Å². The van der Waals surface area contributed by atoms with E-state index >= 15 is 0 Å². The number of nitrogens with one attached hydrogen (secondary N) is 1. The molecule has 31 heavy (non-hydrogen) atoms. The quantitative estimate of drug-likeness (QED) is 0.401. The Morgan fingerprint density at radius 1 is 1.19 bits per heavy atom. The summed E-state index contributed by atoms with van der Waals surface area (Å²) in [7, 11) is 3.50. The number of methoxy groups -OCH3 is 1. The maximum absolute atomic E-state index is 12.0. The first-order valence-corrected chi connectivity index (χ1v) is 11.2. The lowest BCUT2D eigenvalue weighted by atomic mass is 9.97. The van der Waals surface area contributed by atoms with Gasteiger partial charge < -0.3 is 24.4 Å². The van der Waals surface area contributed by atoms with Gasteiger partial charge in [-0.15, -0.1) is 0 Å². The summed E-state index contributed by atoms with van der Waals surface area (Å²) in [6.45, 7) is 7.96. The minimum absolute atomic E-state index is 0.00490. The number of ether oxygens (including phenoxy) is 3. The highest BCUT2D eigenvalue weighted by molar-refractivity contribution is 5.80. The summed E-state index contributed by atoms with van der Waals surface area (Å²) in [6.07, 6.45) is 1.59. The lowest BCUT2D eigenvalue weighted by Crippen LogP contribution is -2.50. The first kappa shape index (κ1) is 23.3. The van der Waals surface area contributed by atoms with Crippen LogP contribution in [-0.2, 0) is 14.3 Å². The fraction of sp³-hybridized carbons (Fsp3) is 0.652. The molecular formula is C23H36N4O4. The Morgan fingerprint density at radius 2 is 1.87 bits per heavy atom. The lowest BCUT2D eigenvalue weighted by molar-refractivity contribution is -0.149. The number of piperidine rings is 1. The molecule has 8 heteroatoms. The summed E-state index contributed by atoms with van der Waals surface area (Å²) in [5.41, 5.74) is 1.24. The van der Waals surface area contributed by atoms with Gasteiger partial charge in [0, 0.05) is 39.8 Å². The molecule has 1 aromatic carbocycles. The molecule has 0 amide bonds. The van der Waals surface area contributed by atoms with Gasteiger partial charge in [0.1, 0.15) is 5.75 Å². The van der Waals surface area contributed by atoms with Gasteiger partial charge in [-0.25, -0.2) is 0 Å². The Morgan fingerprint density at radius 3 is 2.45 bits per heavy atom. The molecule has 0 aromatic heterocycles. The van der Waals surface area contributed by atoms with Crippen LogP contribution in [0.5, 0.6) is 5.75 Å². The molecule has 0 aliphatic carbocycles. The number of rotatable bonds is 7. The van der Waals surface area contributed by atoms with Gasteiger partial charge in [0.05, 0.1) is 38.9 Å². The second-order valence-corrected chi connectivity index (χ2v) is 7.88. The van der Waals surface area contributed by atoms with Crippen molar-refractivity contribution in [3.63, 3.8) is 0 Å². The summed E-state index contributed by atoms with van der Waals surface area (Å²) >= 11 is 0. The molecule has 2 aliphatic heterocycles. The first-order valence-electron chi connectivity index (χ1n) is 11.2. The van der Waals surface area contributed by atoms with Gasteiger partial charge in [-0.05, 0) is 37.5 Å². The van der Waals surface area contributed by atoms with Gasteiger partial charge in [-0.1, -0.05) is 12.1 Å². The molecule has 3 rings (SSSR count). The van der Waals surface area contributed by atoms with Crippen molar-refractivity contribution in [2.45, 2.75) is 25.8 Å². The number of morpholine rings is 1. The number of benzene rings is 1. The Balaban J connectivity index is 1.62. The van der Waals surface area contributed by atoms with Gasteiger partial charge in [0.25, 0.3) is 0 Å². The number of carbonyl (C=O) groups excluding carboxylic acids is 1. The van der Waals surface area contributed by atoms with E-state index in [1.54, 1.807) is 7.11 Å². The smallest absolute Gasteiger partial charge is 0.309 e. The largest absolute Gasteiger partial charge is 0.497 e. The molecular weight excluding hydrogens is 396 g/mol. The number of nitrogens with zero attached hydrogens (tertiary/aromatic N) is 3. The van der Waals surface area contributed by atoms with Crippen LogP contribution in [0.25, 0.3) is 0 Å². The molecule has 0 radical (unpaired) electrons. The minimum Gasteiger partial charge on any atom is -0.497 e. The van der Waals surface area contributed by atoms with Crippen LogP contribution in [0.2, 0.25) is 0 Å². The molecule has 172 valence electrons. The SMILES string of the molecule is CCOC(=O)C1CCN(C(=NC)NCC(c2ccc(OC)cc2)N2CCOCC2)CC1. The highest BCUT2D eigenvalue weighted by Gasteiger charge is 2.28. The van der Waals surface area contributed by atoms with Crippen LogP contribution < -0.4 is 10.1 Å². The van der Waals surface area contributed by atoms with E-state index < -0.39 is 0 Å². The third-order valence-electron chi connectivity index (χ3n) is 6.07. The van der Waals surface area contributed by atoms with Crippen molar-refractivity contribution in [1.29, 1.82) is 0 Å². The first-order chi connectivity index (χ1) is 15.2. The molecule has 1 N–H and O–H groups in total. The highest BCUT2D eigenvalue weighted by atomic mass is 16.5. The van der Waals surface area contributed by atoms with Crippen LogP contribution in [0, 0.1) is 5.92 Å². The van der Waals surface area contributed by atoms with Crippen LogP contribution in [0.4, 0.5) is 0 Å². The number of carbonyl (C=O) groups is 1. The second kappa shape index (κ2) is 11.9. The van der Waals surface area contributed by atoms with Gasteiger partial charge >= 0.3 is 5.97 Å². The zero-order chi connectivity index (χ0) is 22.1. The van der Waals surface area contributed by atoms with E-state index in [0.29, 0.717) is 6.61 Å². The number of hydrogen-bond donors (Lipinski definition) is 1. The predicted octanol–water partition coefficient (Wildman–Crippen LogP) is 1.92. The van der Waals surface area contributed by atoms with E-state index in [1.807, 2.05) is 26.1 Å². The number of likely N-dealkylation sites (tertiary alicyclic amines) is 1. The minimum atomic E-state index is -0.0722. The van der Waals surface area contributed by atoms with Crippen molar-refractivity contribution in [3.8, 4) is 5.75 Å². The average molecular weight is 433 g/mol. The Kier molecular flexibility index (Phi) is 8.97. The third-order valence-corrected chi connectivity index (χ3v) is 6.07. The summed E-state index contributed by atoms with van der Waals surface area (Å²) in [5.74, 6) is 1.67. The van der Waals surface area contributed by atoms with E-state index in [1.165, 1.54) is 5.56 Å². The summed E-state index contributed by atoms with van der Waals surface area (Å²) < 4.78 is 16.1. The van der Waals surface area contributed by atoms with E-state index in [4.69, 9.17) is 14.2 Å². The molecule has 2 fully saturated rings. The summed E-state index contributed by atoms with van der Waals surface area (Å²) in [4.78, 5) is 21.2. The van der Waals surface area contributed by atoms with Crippen molar-refractivity contribution < 1.29 is 19.0 Å². The highest BCUT2D eigenvalue weighted by Crippen LogP contribution is 2.24. The molecule has 8 nitrogen and oxygen atoms in total. The van der Waals surface area contributed by atoms with Crippen molar-refractivity contribution in [2.75, 3.05) is 66.7 Å². The molecule has 0 saturated carbocycles. The van der Waals surface area contributed by atoms with E-state index in [-0.39, 0.29) is 17.9 Å². The number of esters is 1. The Hall–Kier alpha value is -2.32. The van der Waals surface area contributed by atoms with Crippen LogP contribution >= 0.6 is 0 Å². The van der Waals surface area contributed by atoms with Crippen LogP contribution in [0.15, 0.2) is 29.3 Å². The van der Waals surface area contributed by atoms with E-state index in [2.05, 4.69) is 32.2 Å². The number of aliphatic imine (C=N–C) groups is 1. The molecule has 2 saturated heterocycles. The lowest BCUT2D eigenvalue weighted by Gasteiger charge is -2.37.